The highest BCUT2D eigenvalue weighted by atomic mass is 16.6. The average Bonchev–Trinajstić information content (AvgIpc) is 3.06. The largest absolute Gasteiger partial charge is 0.493 e. The number of rotatable bonds is 5. The van der Waals surface area contributed by atoms with E-state index in [4.69, 9.17) is 14.2 Å². The molecule has 160 valence electrons. The Labute approximate surface area is 181 Å². The molecular weight excluding hydrogens is 394 g/mol. The third-order valence-corrected chi connectivity index (χ3v) is 5.10. The Bertz CT molecular complexity index is 1130. The summed E-state index contributed by atoms with van der Waals surface area (Å²) in [6.45, 7) is 6.82. The number of carbonyl (C=O) groups is 1. The van der Waals surface area contributed by atoms with Crippen molar-refractivity contribution in [2.24, 2.45) is 0 Å². The molecule has 0 saturated heterocycles. The van der Waals surface area contributed by atoms with Crippen LogP contribution in [-0.2, 0) is 4.79 Å². The van der Waals surface area contributed by atoms with Gasteiger partial charge >= 0.3 is 0 Å². The van der Waals surface area contributed by atoms with Crippen molar-refractivity contribution in [3.63, 3.8) is 0 Å². The van der Waals surface area contributed by atoms with Gasteiger partial charge in [-0.05, 0) is 56.7 Å². The van der Waals surface area contributed by atoms with Crippen molar-refractivity contribution in [1.82, 2.24) is 9.78 Å². The van der Waals surface area contributed by atoms with Crippen molar-refractivity contribution in [3.8, 4) is 22.9 Å². The van der Waals surface area contributed by atoms with Gasteiger partial charge in [0.1, 0.15) is 13.2 Å². The van der Waals surface area contributed by atoms with Crippen LogP contribution in [0, 0.1) is 20.8 Å². The second-order valence-electron chi connectivity index (χ2n) is 7.36. The van der Waals surface area contributed by atoms with Gasteiger partial charge in [-0.1, -0.05) is 17.7 Å². The first kappa shape index (κ1) is 20.5. The third-order valence-electron chi connectivity index (χ3n) is 5.10. The van der Waals surface area contributed by atoms with Crippen LogP contribution in [0.5, 0.6) is 17.2 Å². The molecule has 0 aliphatic carbocycles. The topological polar surface area (TPSA) is 74.6 Å². The van der Waals surface area contributed by atoms with Crippen LogP contribution in [0.4, 0.5) is 5.69 Å². The number of nitrogens with one attached hydrogen (secondary N) is 1. The van der Waals surface area contributed by atoms with Crippen molar-refractivity contribution >= 4 is 17.7 Å². The zero-order chi connectivity index (χ0) is 22.0. The summed E-state index contributed by atoms with van der Waals surface area (Å²) in [5.74, 6) is 1.52. The summed E-state index contributed by atoms with van der Waals surface area (Å²) in [6.07, 6.45) is 3.19. The molecule has 1 amide bonds. The van der Waals surface area contributed by atoms with E-state index in [-0.39, 0.29) is 5.91 Å². The van der Waals surface area contributed by atoms with Crippen LogP contribution >= 0.6 is 0 Å². The van der Waals surface area contributed by atoms with E-state index in [2.05, 4.69) is 10.4 Å². The number of amides is 1. The van der Waals surface area contributed by atoms with Crippen molar-refractivity contribution in [2.75, 3.05) is 25.6 Å². The van der Waals surface area contributed by atoms with Gasteiger partial charge in [0.15, 0.2) is 11.5 Å². The summed E-state index contributed by atoms with van der Waals surface area (Å²) < 4.78 is 18.5. The smallest absolute Gasteiger partial charge is 0.248 e. The van der Waals surface area contributed by atoms with Gasteiger partial charge in [0.25, 0.3) is 0 Å². The summed E-state index contributed by atoms with van der Waals surface area (Å²) >= 11 is 0. The molecule has 1 aliphatic rings. The molecule has 31 heavy (non-hydrogen) atoms. The number of hydrogen-bond acceptors (Lipinski definition) is 5. The summed E-state index contributed by atoms with van der Waals surface area (Å²) in [6, 6.07) is 11.7. The molecule has 1 N–H and O–H groups in total. The van der Waals surface area contributed by atoms with Crippen LogP contribution in [-0.4, -0.2) is 36.0 Å². The van der Waals surface area contributed by atoms with Gasteiger partial charge in [0.05, 0.1) is 29.9 Å². The van der Waals surface area contributed by atoms with Crippen LogP contribution in [0.3, 0.4) is 0 Å². The third kappa shape index (κ3) is 4.26. The Morgan fingerprint density at radius 2 is 1.87 bits per heavy atom. The molecule has 1 aromatic heterocycles. The molecule has 0 spiro atoms. The van der Waals surface area contributed by atoms with Gasteiger partial charge in [-0.25, -0.2) is 4.68 Å². The minimum absolute atomic E-state index is 0.247. The van der Waals surface area contributed by atoms with Crippen LogP contribution in [0.1, 0.15) is 22.5 Å². The quantitative estimate of drug-likeness (QED) is 0.627. The number of benzene rings is 2. The molecule has 0 saturated carbocycles. The number of carbonyl (C=O) groups excluding carboxylic acids is 1. The molecule has 0 unspecified atom stereocenters. The number of hydrogen-bond donors (Lipinski definition) is 1. The normalized spacial score (nSPS) is 12.8. The molecule has 3 aromatic rings. The minimum atomic E-state index is -0.247. The predicted molar refractivity (Wildman–Crippen MR) is 119 cm³/mol. The first-order valence-electron chi connectivity index (χ1n) is 10.1. The fourth-order valence-corrected chi connectivity index (χ4v) is 3.49. The first-order chi connectivity index (χ1) is 15.0. The van der Waals surface area contributed by atoms with Crippen LogP contribution in [0.25, 0.3) is 11.8 Å². The zero-order valence-corrected chi connectivity index (χ0v) is 18.1. The summed E-state index contributed by atoms with van der Waals surface area (Å²) in [5, 5.41) is 7.53. The van der Waals surface area contributed by atoms with E-state index < -0.39 is 0 Å². The van der Waals surface area contributed by atoms with Crippen molar-refractivity contribution in [3.05, 3.63) is 65.0 Å². The summed E-state index contributed by atoms with van der Waals surface area (Å²) in [4.78, 5) is 12.6. The van der Waals surface area contributed by atoms with Crippen LogP contribution in [0.15, 0.2) is 42.5 Å². The van der Waals surface area contributed by atoms with Crippen molar-refractivity contribution < 1.29 is 19.0 Å². The van der Waals surface area contributed by atoms with Crippen LogP contribution < -0.4 is 19.5 Å². The second-order valence-corrected chi connectivity index (χ2v) is 7.36. The van der Waals surface area contributed by atoms with Crippen molar-refractivity contribution in [2.45, 2.75) is 20.8 Å². The molecule has 0 bridgehead atoms. The lowest BCUT2D eigenvalue weighted by Gasteiger charge is -2.20. The number of ether oxygens (including phenoxy) is 3. The minimum Gasteiger partial charge on any atom is -0.493 e. The maximum Gasteiger partial charge on any atom is 0.248 e. The van der Waals surface area contributed by atoms with Gasteiger partial charge < -0.3 is 19.5 Å². The van der Waals surface area contributed by atoms with E-state index in [9.17, 15) is 4.79 Å². The molecule has 1 aliphatic heterocycles. The summed E-state index contributed by atoms with van der Waals surface area (Å²) in [7, 11) is 1.57. The highest BCUT2D eigenvalue weighted by molar-refractivity contribution is 6.02. The molecule has 0 atom stereocenters. The number of fused-ring (bicyclic) bond motifs is 1. The Balaban J connectivity index is 1.53. The van der Waals surface area contributed by atoms with E-state index in [1.165, 1.54) is 11.6 Å². The lowest BCUT2D eigenvalue weighted by atomic mass is 10.1. The van der Waals surface area contributed by atoms with Crippen molar-refractivity contribution in [1.29, 1.82) is 0 Å². The predicted octanol–water partition coefficient (Wildman–Crippen LogP) is 4.23. The van der Waals surface area contributed by atoms with Crippen LogP contribution in [0.2, 0.25) is 0 Å². The van der Waals surface area contributed by atoms with Gasteiger partial charge in [-0.3, -0.25) is 4.79 Å². The van der Waals surface area contributed by atoms with Gasteiger partial charge in [0.2, 0.25) is 11.7 Å². The molecule has 7 nitrogen and oxygen atoms in total. The Hall–Kier alpha value is -3.74. The number of nitrogens with zero attached hydrogens (tertiary/aromatic N) is 2. The number of anilines is 1. The van der Waals surface area contributed by atoms with E-state index in [1.54, 1.807) is 13.2 Å². The fraction of sp³-hybridized carbons (Fsp3) is 0.250. The lowest BCUT2D eigenvalue weighted by Crippen LogP contribution is -2.16. The first-order valence-corrected chi connectivity index (χ1v) is 10.1. The highest BCUT2D eigenvalue weighted by Crippen LogP contribution is 2.40. The molecule has 2 heterocycles. The molecule has 0 fully saturated rings. The van der Waals surface area contributed by atoms with E-state index >= 15 is 0 Å². The van der Waals surface area contributed by atoms with Gasteiger partial charge in [0, 0.05) is 6.08 Å². The van der Waals surface area contributed by atoms with Gasteiger partial charge in [-0.2, -0.15) is 5.10 Å². The Morgan fingerprint density at radius 1 is 1.13 bits per heavy atom. The Morgan fingerprint density at radius 3 is 2.61 bits per heavy atom. The lowest BCUT2D eigenvalue weighted by molar-refractivity contribution is -0.111. The van der Waals surface area contributed by atoms with E-state index in [0.29, 0.717) is 36.1 Å². The standard InChI is InChI=1S/C24H25N3O4/c1-15-5-8-19(9-6-15)27-17(3)23(16(2)26-27)25-22(28)10-7-18-13-20(29-4)24-21(14-18)30-11-12-31-24/h5-10,13-14H,11-12H2,1-4H3,(H,25,28)/b10-7+. The number of aryl methyl sites for hydroxylation is 2. The second kappa shape index (κ2) is 8.55. The number of methoxy groups -OCH3 is 1. The highest BCUT2D eigenvalue weighted by Gasteiger charge is 2.18. The average molecular weight is 419 g/mol. The fourth-order valence-electron chi connectivity index (χ4n) is 3.49. The molecule has 4 rings (SSSR count). The molecule has 7 heteroatoms. The zero-order valence-electron chi connectivity index (χ0n) is 18.1. The molecule has 0 radical (unpaired) electrons. The SMILES string of the molecule is COc1cc(/C=C/C(=O)Nc2c(C)nn(-c3ccc(C)cc3)c2C)cc2c1OCCO2. The Kier molecular flexibility index (Phi) is 5.66. The maximum absolute atomic E-state index is 12.6. The number of aromatic nitrogens is 2. The summed E-state index contributed by atoms with van der Waals surface area (Å²) in [5.41, 5.74) is 5.23. The van der Waals surface area contributed by atoms with E-state index in [1.807, 2.05) is 61.9 Å². The van der Waals surface area contributed by atoms with E-state index in [0.717, 1.165) is 22.6 Å². The monoisotopic (exact) mass is 419 g/mol. The molecular formula is C24H25N3O4. The van der Waals surface area contributed by atoms with Gasteiger partial charge in [-0.15, -0.1) is 0 Å². The maximum atomic E-state index is 12.6. The molecule has 2 aromatic carbocycles.